The second-order valence-electron chi connectivity index (χ2n) is 4.50. The van der Waals surface area contributed by atoms with Gasteiger partial charge in [0.15, 0.2) is 0 Å². The van der Waals surface area contributed by atoms with Gasteiger partial charge in [-0.05, 0) is 43.5 Å². The van der Waals surface area contributed by atoms with Gasteiger partial charge in [0, 0.05) is 23.8 Å². The molecule has 0 spiro atoms. The van der Waals surface area contributed by atoms with Crippen molar-refractivity contribution in [1.82, 2.24) is 9.97 Å². The summed E-state index contributed by atoms with van der Waals surface area (Å²) in [6.07, 6.45) is 9.58. The summed E-state index contributed by atoms with van der Waals surface area (Å²) in [7, 11) is 0. The van der Waals surface area contributed by atoms with Gasteiger partial charge in [-0.2, -0.15) is 0 Å². The minimum atomic E-state index is 1.10. The Balaban J connectivity index is 0.000000191. The highest BCUT2D eigenvalue weighted by Gasteiger charge is 1.89. The zero-order valence-corrected chi connectivity index (χ0v) is 12.0. The lowest BCUT2D eigenvalue weighted by Crippen LogP contribution is -1.86. The largest absolute Gasteiger partial charge is 0.261 e. The molecule has 2 aromatic rings. The van der Waals surface area contributed by atoms with E-state index in [1.807, 2.05) is 36.7 Å². The number of pyridine rings is 2. The number of aromatic nitrogens is 2. The summed E-state index contributed by atoms with van der Waals surface area (Å²) in [5.41, 5.74) is 2.41. The Bertz CT molecular complexity index is 412. The number of rotatable bonds is 5. The molecular formula is C17H24N2. The lowest BCUT2D eigenvalue weighted by Gasteiger charge is -1.95. The van der Waals surface area contributed by atoms with E-state index in [0.717, 1.165) is 12.8 Å². The van der Waals surface area contributed by atoms with Gasteiger partial charge in [-0.25, -0.2) is 0 Å². The quantitative estimate of drug-likeness (QED) is 0.789. The zero-order chi connectivity index (χ0) is 13.8. The van der Waals surface area contributed by atoms with Crippen LogP contribution < -0.4 is 0 Å². The van der Waals surface area contributed by atoms with Crippen LogP contribution in [0.5, 0.6) is 0 Å². The molecule has 0 unspecified atom stereocenters. The molecule has 2 rings (SSSR count). The van der Waals surface area contributed by atoms with E-state index in [0.29, 0.717) is 0 Å². The van der Waals surface area contributed by atoms with Crippen molar-refractivity contribution in [1.29, 1.82) is 0 Å². The van der Waals surface area contributed by atoms with Crippen LogP contribution >= 0.6 is 0 Å². The van der Waals surface area contributed by atoms with Crippen LogP contribution in [0.1, 0.15) is 44.5 Å². The molecule has 0 aliphatic heterocycles. The van der Waals surface area contributed by atoms with Gasteiger partial charge in [0.1, 0.15) is 0 Å². The van der Waals surface area contributed by atoms with Crippen molar-refractivity contribution < 1.29 is 0 Å². The molecule has 0 saturated heterocycles. The van der Waals surface area contributed by atoms with Gasteiger partial charge in [-0.15, -0.1) is 0 Å². The lowest BCUT2D eigenvalue weighted by atomic mass is 10.2. The third-order valence-corrected chi connectivity index (χ3v) is 2.74. The maximum absolute atomic E-state index is 4.22. The van der Waals surface area contributed by atoms with Crippen LogP contribution in [0.2, 0.25) is 0 Å². The second kappa shape index (κ2) is 10.2. The van der Waals surface area contributed by atoms with Crippen LogP contribution in [0.15, 0.2) is 48.8 Å². The zero-order valence-electron chi connectivity index (χ0n) is 12.0. The van der Waals surface area contributed by atoms with Crippen molar-refractivity contribution in [2.45, 2.75) is 46.0 Å². The molecule has 0 N–H and O–H groups in total. The molecule has 2 nitrogen and oxygen atoms in total. The first-order chi connectivity index (χ1) is 9.36. The van der Waals surface area contributed by atoms with Crippen molar-refractivity contribution in [3.63, 3.8) is 0 Å². The molecule has 2 aromatic heterocycles. The molecule has 0 saturated carbocycles. The van der Waals surface area contributed by atoms with Crippen molar-refractivity contribution in [2.75, 3.05) is 0 Å². The van der Waals surface area contributed by atoms with Gasteiger partial charge in [0.05, 0.1) is 0 Å². The topological polar surface area (TPSA) is 25.8 Å². The summed E-state index contributed by atoms with van der Waals surface area (Å²) in [6, 6.07) is 12.1. The fourth-order valence-electron chi connectivity index (χ4n) is 1.71. The normalized spacial score (nSPS) is 9.58. The third-order valence-electron chi connectivity index (χ3n) is 2.74. The van der Waals surface area contributed by atoms with E-state index < -0.39 is 0 Å². The first-order valence-corrected chi connectivity index (χ1v) is 7.16. The summed E-state index contributed by atoms with van der Waals surface area (Å²) in [4.78, 5) is 8.38. The molecule has 0 fully saturated rings. The van der Waals surface area contributed by atoms with E-state index in [1.54, 1.807) is 0 Å². The first kappa shape index (κ1) is 15.4. The Morgan fingerprint density at radius 2 is 1.32 bits per heavy atom. The molecular weight excluding hydrogens is 232 g/mol. The molecule has 19 heavy (non-hydrogen) atoms. The molecule has 2 heterocycles. The summed E-state index contributed by atoms with van der Waals surface area (Å²) < 4.78 is 0. The summed E-state index contributed by atoms with van der Waals surface area (Å²) in [6.45, 7) is 4.36. The van der Waals surface area contributed by atoms with Gasteiger partial charge < -0.3 is 0 Å². The predicted octanol–water partition coefficient (Wildman–Crippen LogP) is 4.46. The molecule has 102 valence electrons. The van der Waals surface area contributed by atoms with E-state index >= 15 is 0 Å². The molecule has 0 aliphatic carbocycles. The molecule has 0 radical (unpaired) electrons. The standard InChI is InChI=1S/C9H13N.C8H11N/c1-2-3-6-9-7-4-5-8-10-9;1-2-5-8-6-3-4-7-9-8/h4-5,7-8H,2-3,6H2,1H3;3-4,6-7H,2,5H2,1H3. The molecule has 0 atom stereocenters. The Labute approximate surface area is 116 Å². The first-order valence-electron chi connectivity index (χ1n) is 7.16. The maximum Gasteiger partial charge on any atom is 0.0403 e. The predicted molar refractivity (Wildman–Crippen MR) is 81.1 cm³/mol. The maximum atomic E-state index is 4.22. The van der Waals surface area contributed by atoms with Gasteiger partial charge in [-0.1, -0.05) is 38.8 Å². The average molecular weight is 256 g/mol. The molecule has 0 aliphatic rings. The minimum absolute atomic E-state index is 1.10. The Hall–Kier alpha value is -1.70. The summed E-state index contributed by atoms with van der Waals surface area (Å²) in [5, 5.41) is 0. The monoisotopic (exact) mass is 256 g/mol. The van der Waals surface area contributed by atoms with Crippen molar-refractivity contribution >= 4 is 0 Å². The number of hydrogen-bond donors (Lipinski definition) is 0. The van der Waals surface area contributed by atoms with Gasteiger partial charge in [-0.3, -0.25) is 9.97 Å². The van der Waals surface area contributed by atoms with Crippen LogP contribution in [0, 0.1) is 0 Å². The fraction of sp³-hybridized carbons (Fsp3) is 0.412. The van der Waals surface area contributed by atoms with Gasteiger partial charge >= 0.3 is 0 Å². The van der Waals surface area contributed by atoms with Crippen molar-refractivity contribution in [3.05, 3.63) is 60.2 Å². The van der Waals surface area contributed by atoms with E-state index in [1.165, 1.54) is 30.7 Å². The van der Waals surface area contributed by atoms with E-state index in [2.05, 4.69) is 35.9 Å². The molecule has 0 bridgehead atoms. The molecule has 2 heteroatoms. The fourth-order valence-corrected chi connectivity index (χ4v) is 1.71. The number of unbranched alkanes of at least 4 members (excludes halogenated alkanes) is 1. The molecule has 0 amide bonds. The lowest BCUT2D eigenvalue weighted by molar-refractivity contribution is 0.777. The highest BCUT2D eigenvalue weighted by Crippen LogP contribution is 1.99. The van der Waals surface area contributed by atoms with Crippen LogP contribution in [0.3, 0.4) is 0 Å². The van der Waals surface area contributed by atoms with Crippen molar-refractivity contribution in [2.24, 2.45) is 0 Å². The van der Waals surface area contributed by atoms with Gasteiger partial charge in [0.25, 0.3) is 0 Å². The Kier molecular flexibility index (Phi) is 8.28. The highest BCUT2D eigenvalue weighted by molar-refractivity contribution is 5.03. The van der Waals surface area contributed by atoms with Crippen molar-refractivity contribution in [3.8, 4) is 0 Å². The smallest absolute Gasteiger partial charge is 0.0403 e. The highest BCUT2D eigenvalue weighted by atomic mass is 14.7. The summed E-state index contributed by atoms with van der Waals surface area (Å²) in [5.74, 6) is 0. The number of nitrogens with zero attached hydrogens (tertiary/aromatic N) is 2. The van der Waals surface area contributed by atoms with Crippen LogP contribution in [0.4, 0.5) is 0 Å². The van der Waals surface area contributed by atoms with Crippen LogP contribution in [-0.4, -0.2) is 9.97 Å². The van der Waals surface area contributed by atoms with E-state index in [-0.39, 0.29) is 0 Å². The summed E-state index contributed by atoms with van der Waals surface area (Å²) >= 11 is 0. The number of hydrogen-bond acceptors (Lipinski definition) is 2. The number of aryl methyl sites for hydroxylation is 2. The SMILES string of the molecule is CCCCc1ccccn1.CCCc1ccccn1. The van der Waals surface area contributed by atoms with E-state index in [9.17, 15) is 0 Å². The van der Waals surface area contributed by atoms with E-state index in [4.69, 9.17) is 0 Å². The Morgan fingerprint density at radius 1 is 0.737 bits per heavy atom. The average Bonchev–Trinajstić information content (AvgIpc) is 2.48. The Morgan fingerprint density at radius 3 is 1.74 bits per heavy atom. The molecule has 0 aromatic carbocycles. The van der Waals surface area contributed by atoms with Crippen LogP contribution in [-0.2, 0) is 12.8 Å². The second-order valence-corrected chi connectivity index (χ2v) is 4.50. The van der Waals surface area contributed by atoms with Crippen LogP contribution in [0.25, 0.3) is 0 Å². The van der Waals surface area contributed by atoms with Gasteiger partial charge in [0.2, 0.25) is 0 Å². The minimum Gasteiger partial charge on any atom is -0.261 e. The third kappa shape index (κ3) is 7.35.